The minimum absolute atomic E-state index is 0.103. The number of hydrogen-bond donors (Lipinski definition) is 0. The Morgan fingerprint density at radius 1 is 1.00 bits per heavy atom. The number of aryl methyl sites for hydroxylation is 1. The molecule has 2 heterocycles. The van der Waals surface area contributed by atoms with Crippen LogP contribution < -0.4 is 4.74 Å². The molecule has 5 nitrogen and oxygen atoms in total. The first-order valence-corrected chi connectivity index (χ1v) is 9.87. The van der Waals surface area contributed by atoms with E-state index in [-0.39, 0.29) is 11.8 Å². The molecule has 5 heteroatoms. The van der Waals surface area contributed by atoms with Crippen LogP contribution in [0.25, 0.3) is 0 Å². The summed E-state index contributed by atoms with van der Waals surface area (Å²) in [4.78, 5) is 29.1. The summed E-state index contributed by atoms with van der Waals surface area (Å²) in [5.74, 6) is 1.43. The van der Waals surface area contributed by atoms with E-state index in [9.17, 15) is 9.59 Å². The Hall–Kier alpha value is -2.04. The topological polar surface area (TPSA) is 49.9 Å². The number of nitrogens with zero attached hydrogens (tertiary/aromatic N) is 2. The van der Waals surface area contributed by atoms with E-state index >= 15 is 0 Å². The van der Waals surface area contributed by atoms with Gasteiger partial charge in [-0.15, -0.1) is 0 Å². The van der Waals surface area contributed by atoms with E-state index in [1.807, 2.05) is 34.1 Å². The lowest BCUT2D eigenvalue weighted by Crippen LogP contribution is -2.45. The van der Waals surface area contributed by atoms with E-state index in [0.717, 1.165) is 50.1 Å². The second-order valence-electron chi connectivity index (χ2n) is 7.35. The van der Waals surface area contributed by atoms with Crippen molar-refractivity contribution in [2.75, 3.05) is 33.3 Å². The fraction of sp³-hybridized carbons (Fsp3) is 0.619. The van der Waals surface area contributed by atoms with E-state index in [0.29, 0.717) is 31.8 Å². The smallest absolute Gasteiger partial charge is 0.225 e. The first-order chi connectivity index (χ1) is 12.7. The summed E-state index contributed by atoms with van der Waals surface area (Å²) in [6.45, 7) is 3.23. The zero-order chi connectivity index (χ0) is 18.4. The highest BCUT2D eigenvalue weighted by atomic mass is 16.5. The molecule has 26 heavy (non-hydrogen) atoms. The fourth-order valence-electron chi connectivity index (χ4n) is 4.06. The molecule has 2 fully saturated rings. The van der Waals surface area contributed by atoms with Crippen LogP contribution in [-0.2, 0) is 16.0 Å². The zero-order valence-electron chi connectivity index (χ0n) is 15.8. The largest absolute Gasteiger partial charge is 0.496 e. The third kappa shape index (κ3) is 4.57. The summed E-state index contributed by atoms with van der Waals surface area (Å²) >= 11 is 0. The minimum Gasteiger partial charge on any atom is -0.496 e. The molecular formula is C21H30N2O3. The number of benzene rings is 1. The standard InChI is InChI=1S/C21H30N2O3/c1-26-19-8-4-3-7-17(19)9-10-20(24)22-15-11-18(12-16-22)21(25)23-13-5-2-6-14-23/h3-4,7-8,18H,2,5-6,9-16H2,1H3. The quantitative estimate of drug-likeness (QED) is 0.813. The third-order valence-electron chi connectivity index (χ3n) is 5.67. The predicted molar refractivity (Wildman–Crippen MR) is 101 cm³/mol. The molecule has 0 N–H and O–H groups in total. The number of rotatable bonds is 5. The normalized spacial score (nSPS) is 18.7. The Bertz CT molecular complexity index is 617. The molecule has 0 bridgehead atoms. The summed E-state index contributed by atoms with van der Waals surface area (Å²) in [5, 5.41) is 0. The zero-order valence-corrected chi connectivity index (χ0v) is 15.8. The molecular weight excluding hydrogens is 328 g/mol. The lowest BCUT2D eigenvalue weighted by Gasteiger charge is -2.35. The highest BCUT2D eigenvalue weighted by molar-refractivity contribution is 5.80. The van der Waals surface area contributed by atoms with Crippen molar-refractivity contribution in [1.29, 1.82) is 0 Å². The third-order valence-corrected chi connectivity index (χ3v) is 5.67. The molecule has 2 aliphatic heterocycles. The van der Waals surface area contributed by atoms with Gasteiger partial charge >= 0.3 is 0 Å². The van der Waals surface area contributed by atoms with E-state index in [1.54, 1.807) is 7.11 Å². The lowest BCUT2D eigenvalue weighted by molar-refractivity contribution is -0.141. The molecule has 0 aromatic heterocycles. The molecule has 0 radical (unpaired) electrons. The molecule has 0 aliphatic carbocycles. The van der Waals surface area contributed by atoms with Gasteiger partial charge in [0.25, 0.3) is 0 Å². The van der Waals surface area contributed by atoms with Gasteiger partial charge in [-0.25, -0.2) is 0 Å². The molecule has 142 valence electrons. The van der Waals surface area contributed by atoms with Crippen molar-refractivity contribution < 1.29 is 14.3 Å². The maximum Gasteiger partial charge on any atom is 0.225 e. The minimum atomic E-state index is 0.103. The van der Waals surface area contributed by atoms with Gasteiger partial charge in [-0.2, -0.15) is 0 Å². The molecule has 1 aromatic carbocycles. The Morgan fingerprint density at radius 2 is 1.69 bits per heavy atom. The molecule has 2 aliphatic rings. The van der Waals surface area contributed by atoms with Gasteiger partial charge in [0, 0.05) is 38.5 Å². The van der Waals surface area contributed by atoms with Crippen molar-refractivity contribution in [3.05, 3.63) is 29.8 Å². The van der Waals surface area contributed by atoms with Crippen LogP contribution in [0.15, 0.2) is 24.3 Å². The summed E-state index contributed by atoms with van der Waals surface area (Å²) in [5.41, 5.74) is 1.07. The van der Waals surface area contributed by atoms with Gasteiger partial charge in [0.1, 0.15) is 5.75 Å². The average molecular weight is 358 g/mol. The average Bonchev–Trinajstić information content (AvgIpc) is 2.72. The Labute approximate surface area is 156 Å². The molecule has 2 amide bonds. The first kappa shape index (κ1) is 18.7. The number of amides is 2. The number of para-hydroxylation sites is 1. The van der Waals surface area contributed by atoms with Crippen molar-refractivity contribution in [2.45, 2.75) is 44.9 Å². The highest BCUT2D eigenvalue weighted by Gasteiger charge is 2.30. The van der Waals surface area contributed by atoms with Gasteiger partial charge in [0.05, 0.1) is 7.11 Å². The number of hydrogen-bond acceptors (Lipinski definition) is 3. The SMILES string of the molecule is COc1ccccc1CCC(=O)N1CCC(C(=O)N2CCCCC2)CC1. The van der Waals surface area contributed by atoms with Crippen molar-refractivity contribution >= 4 is 11.8 Å². The van der Waals surface area contributed by atoms with Crippen LogP contribution in [0.4, 0.5) is 0 Å². The van der Waals surface area contributed by atoms with Gasteiger partial charge in [0.15, 0.2) is 0 Å². The van der Waals surface area contributed by atoms with Gasteiger partial charge in [0.2, 0.25) is 11.8 Å². The van der Waals surface area contributed by atoms with Crippen LogP contribution in [0.2, 0.25) is 0 Å². The molecule has 0 spiro atoms. The number of piperidine rings is 2. The molecule has 0 saturated carbocycles. The van der Waals surface area contributed by atoms with E-state index in [4.69, 9.17) is 4.74 Å². The molecule has 0 unspecified atom stereocenters. The van der Waals surface area contributed by atoms with E-state index in [2.05, 4.69) is 0 Å². The summed E-state index contributed by atoms with van der Waals surface area (Å²) in [6.07, 6.45) is 6.28. The van der Waals surface area contributed by atoms with Crippen LogP contribution in [0, 0.1) is 5.92 Å². The lowest BCUT2D eigenvalue weighted by atomic mass is 9.94. The maximum absolute atomic E-state index is 12.6. The van der Waals surface area contributed by atoms with Crippen LogP contribution in [0.1, 0.15) is 44.1 Å². The van der Waals surface area contributed by atoms with Crippen LogP contribution in [-0.4, -0.2) is 54.9 Å². The van der Waals surface area contributed by atoms with Gasteiger partial charge in [-0.05, 0) is 50.2 Å². The number of carbonyl (C=O) groups excluding carboxylic acids is 2. The first-order valence-electron chi connectivity index (χ1n) is 9.87. The molecule has 3 rings (SSSR count). The van der Waals surface area contributed by atoms with Gasteiger partial charge in [-0.1, -0.05) is 18.2 Å². The van der Waals surface area contributed by atoms with Crippen LogP contribution in [0.5, 0.6) is 5.75 Å². The fourth-order valence-corrected chi connectivity index (χ4v) is 4.06. The van der Waals surface area contributed by atoms with E-state index in [1.165, 1.54) is 6.42 Å². The molecule has 0 atom stereocenters. The number of carbonyl (C=O) groups is 2. The van der Waals surface area contributed by atoms with Crippen LogP contribution in [0.3, 0.4) is 0 Å². The monoisotopic (exact) mass is 358 g/mol. The second-order valence-corrected chi connectivity index (χ2v) is 7.35. The number of methoxy groups -OCH3 is 1. The Balaban J connectivity index is 1.45. The molecule has 2 saturated heterocycles. The van der Waals surface area contributed by atoms with Crippen molar-refractivity contribution in [2.24, 2.45) is 5.92 Å². The van der Waals surface area contributed by atoms with Gasteiger partial charge < -0.3 is 14.5 Å². The predicted octanol–water partition coefficient (Wildman–Crippen LogP) is 2.88. The van der Waals surface area contributed by atoms with Gasteiger partial charge in [-0.3, -0.25) is 9.59 Å². The number of likely N-dealkylation sites (tertiary alicyclic amines) is 2. The maximum atomic E-state index is 12.6. The van der Waals surface area contributed by atoms with E-state index < -0.39 is 0 Å². The summed E-state index contributed by atoms with van der Waals surface area (Å²) in [6, 6.07) is 7.85. The van der Waals surface area contributed by atoms with Crippen LogP contribution >= 0.6 is 0 Å². The van der Waals surface area contributed by atoms with Crippen molar-refractivity contribution in [3.8, 4) is 5.75 Å². The number of ether oxygens (including phenoxy) is 1. The highest BCUT2D eigenvalue weighted by Crippen LogP contribution is 2.23. The summed E-state index contributed by atoms with van der Waals surface area (Å²) in [7, 11) is 1.66. The Kier molecular flexibility index (Phi) is 6.53. The molecule has 1 aromatic rings. The van der Waals surface area contributed by atoms with Crippen molar-refractivity contribution in [1.82, 2.24) is 9.80 Å². The Morgan fingerprint density at radius 3 is 2.38 bits per heavy atom. The summed E-state index contributed by atoms with van der Waals surface area (Å²) < 4.78 is 5.35. The van der Waals surface area contributed by atoms with Crippen molar-refractivity contribution in [3.63, 3.8) is 0 Å². The second kappa shape index (κ2) is 9.06.